The lowest BCUT2D eigenvalue weighted by Gasteiger charge is -2.18. The standard InChI is InChI=1S/C14H17ClFNO/c1-14(2)6-5-10(8-14)17-13(18)11-7-9(15)3-4-12(11)16/h3-4,7,10H,5-6,8H2,1-2H3,(H,17,18). The Balaban J connectivity index is 2.06. The molecule has 0 bridgehead atoms. The number of nitrogens with one attached hydrogen (secondary N) is 1. The lowest BCUT2D eigenvalue weighted by Crippen LogP contribution is -2.34. The van der Waals surface area contributed by atoms with E-state index < -0.39 is 5.82 Å². The summed E-state index contributed by atoms with van der Waals surface area (Å²) < 4.78 is 13.5. The van der Waals surface area contributed by atoms with E-state index in [2.05, 4.69) is 19.2 Å². The van der Waals surface area contributed by atoms with Crippen LogP contribution in [0.1, 0.15) is 43.5 Å². The van der Waals surface area contributed by atoms with Crippen molar-refractivity contribution in [2.75, 3.05) is 0 Å². The molecule has 1 N–H and O–H groups in total. The molecule has 1 fully saturated rings. The van der Waals surface area contributed by atoms with Crippen molar-refractivity contribution in [3.8, 4) is 0 Å². The predicted octanol–water partition coefficient (Wildman–Crippen LogP) is 3.79. The monoisotopic (exact) mass is 269 g/mol. The smallest absolute Gasteiger partial charge is 0.254 e. The van der Waals surface area contributed by atoms with Crippen LogP contribution >= 0.6 is 11.6 Å². The highest BCUT2D eigenvalue weighted by Gasteiger charge is 2.32. The molecule has 2 rings (SSSR count). The van der Waals surface area contributed by atoms with Gasteiger partial charge >= 0.3 is 0 Å². The van der Waals surface area contributed by atoms with Gasteiger partial charge in [0.05, 0.1) is 5.56 Å². The van der Waals surface area contributed by atoms with Crippen LogP contribution in [0.25, 0.3) is 0 Å². The molecular formula is C14H17ClFNO. The van der Waals surface area contributed by atoms with Crippen LogP contribution in [0.15, 0.2) is 18.2 Å². The van der Waals surface area contributed by atoms with Crippen LogP contribution in [0.3, 0.4) is 0 Å². The highest BCUT2D eigenvalue weighted by Crippen LogP contribution is 2.37. The van der Waals surface area contributed by atoms with E-state index in [1.165, 1.54) is 18.2 Å². The Morgan fingerprint density at radius 3 is 2.83 bits per heavy atom. The third-order valence-corrected chi connectivity index (χ3v) is 3.71. The van der Waals surface area contributed by atoms with E-state index in [9.17, 15) is 9.18 Å². The highest BCUT2D eigenvalue weighted by atomic mass is 35.5. The number of amides is 1. The molecule has 1 aromatic rings. The fourth-order valence-corrected chi connectivity index (χ4v) is 2.67. The molecule has 1 saturated carbocycles. The van der Waals surface area contributed by atoms with Crippen molar-refractivity contribution in [3.63, 3.8) is 0 Å². The summed E-state index contributed by atoms with van der Waals surface area (Å²) in [6, 6.07) is 4.15. The Bertz CT molecular complexity index is 473. The van der Waals surface area contributed by atoms with Crippen molar-refractivity contribution in [3.05, 3.63) is 34.6 Å². The first kappa shape index (κ1) is 13.3. The summed E-state index contributed by atoms with van der Waals surface area (Å²) in [5.74, 6) is -0.910. The Hall–Kier alpha value is -1.09. The van der Waals surface area contributed by atoms with E-state index in [1.807, 2.05) is 0 Å². The van der Waals surface area contributed by atoms with Gasteiger partial charge in [-0.1, -0.05) is 25.4 Å². The average molecular weight is 270 g/mol. The molecular weight excluding hydrogens is 253 g/mol. The number of hydrogen-bond donors (Lipinski definition) is 1. The van der Waals surface area contributed by atoms with Crippen molar-refractivity contribution >= 4 is 17.5 Å². The number of halogens is 2. The van der Waals surface area contributed by atoms with Gasteiger partial charge in [0.1, 0.15) is 5.82 Å². The third-order valence-electron chi connectivity index (χ3n) is 3.48. The number of rotatable bonds is 2. The molecule has 0 saturated heterocycles. The lowest BCUT2D eigenvalue weighted by atomic mass is 9.92. The number of hydrogen-bond acceptors (Lipinski definition) is 1. The Morgan fingerprint density at radius 2 is 2.22 bits per heavy atom. The van der Waals surface area contributed by atoms with Gasteiger partial charge in [-0.2, -0.15) is 0 Å². The van der Waals surface area contributed by atoms with Gasteiger partial charge in [0.2, 0.25) is 0 Å². The Morgan fingerprint density at radius 1 is 1.50 bits per heavy atom. The minimum Gasteiger partial charge on any atom is -0.349 e. The molecule has 4 heteroatoms. The van der Waals surface area contributed by atoms with Gasteiger partial charge in [-0.05, 0) is 42.9 Å². The van der Waals surface area contributed by atoms with E-state index in [4.69, 9.17) is 11.6 Å². The van der Waals surface area contributed by atoms with Crippen LogP contribution in [-0.2, 0) is 0 Å². The van der Waals surface area contributed by atoms with Gasteiger partial charge in [-0.25, -0.2) is 4.39 Å². The van der Waals surface area contributed by atoms with Crippen molar-refractivity contribution in [2.24, 2.45) is 5.41 Å². The van der Waals surface area contributed by atoms with Gasteiger partial charge in [0.15, 0.2) is 0 Å². The zero-order valence-corrected chi connectivity index (χ0v) is 11.4. The van der Waals surface area contributed by atoms with Crippen LogP contribution in [0.4, 0.5) is 4.39 Å². The zero-order valence-electron chi connectivity index (χ0n) is 10.6. The molecule has 0 spiro atoms. The van der Waals surface area contributed by atoms with Gasteiger partial charge in [-0.3, -0.25) is 4.79 Å². The van der Waals surface area contributed by atoms with Crippen molar-refractivity contribution in [1.29, 1.82) is 0 Å². The molecule has 0 aliphatic heterocycles. The van der Waals surface area contributed by atoms with Gasteiger partial charge < -0.3 is 5.32 Å². The minimum atomic E-state index is -0.533. The van der Waals surface area contributed by atoms with Crippen molar-refractivity contribution in [1.82, 2.24) is 5.32 Å². The molecule has 0 radical (unpaired) electrons. The van der Waals surface area contributed by atoms with Gasteiger partial charge in [0, 0.05) is 11.1 Å². The lowest BCUT2D eigenvalue weighted by molar-refractivity contribution is 0.0932. The first-order valence-electron chi connectivity index (χ1n) is 6.13. The summed E-state index contributed by atoms with van der Waals surface area (Å²) in [4.78, 5) is 12.0. The fourth-order valence-electron chi connectivity index (χ4n) is 2.49. The largest absolute Gasteiger partial charge is 0.349 e. The Labute approximate surface area is 112 Å². The number of carbonyl (C=O) groups excluding carboxylic acids is 1. The second-order valence-corrected chi connectivity index (χ2v) is 6.14. The molecule has 18 heavy (non-hydrogen) atoms. The van der Waals surface area contributed by atoms with Crippen LogP contribution in [0, 0.1) is 11.2 Å². The summed E-state index contributed by atoms with van der Waals surface area (Å²) >= 11 is 5.78. The third kappa shape index (κ3) is 3.02. The van der Waals surface area contributed by atoms with Crippen LogP contribution in [0.2, 0.25) is 5.02 Å². The molecule has 98 valence electrons. The highest BCUT2D eigenvalue weighted by molar-refractivity contribution is 6.31. The minimum absolute atomic E-state index is 0.0206. The van der Waals surface area contributed by atoms with Gasteiger partial charge in [-0.15, -0.1) is 0 Å². The molecule has 0 heterocycles. The second kappa shape index (κ2) is 4.88. The quantitative estimate of drug-likeness (QED) is 0.870. The van der Waals surface area contributed by atoms with Gasteiger partial charge in [0.25, 0.3) is 5.91 Å². The molecule has 1 atom stereocenters. The van der Waals surface area contributed by atoms with E-state index in [0.717, 1.165) is 19.3 Å². The van der Waals surface area contributed by atoms with E-state index >= 15 is 0 Å². The molecule has 1 amide bonds. The van der Waals surface area contributed by atoms with Crippen molar-refractivity contribution < 1.29 is 9.18 Å². The molecule has 1 aliphatic rings. The molecule has 1 aromatic carbocycles. The van der Waals surface area contributed by atoms with Crippen LogP contribution in [-0.4, -0.2) is 11.9 Å². The summed E-state index contributed by atoms with van der Waals surface area (Å²) in [6.07, 6.45) is 2.96. The second-order valence-electron chi connectivity index (χ2n) is 5.70. The summed E-state index contributed by atoms with van der Waals surface area (Å²) in [5, 5.41) is 3.25. The first-order chi connectivity index (χ1) is 8.37. The molecule has 1 aliphatic carbocycles. The van der Waals surface area contributed by atoms with Crippen LogP contribution < -0.4 is 5.32 Å². The molecule has 0 aromatic heterocycles. The topological polar surface area (TPSA) is 29.1 Å². The maximum Gasteiger partial charge on any atom is 0.254 e. The maximum atomic E-state index is 13.5. The zero-order chi connectivity index (χ0) is 13.3. The maximum absolute atomic E-state index is 13.5. The van der Waals surface area contributed by atoms with E-state index in [-0.39, 0.29) is 22.9 Å². The summed E-state index contributed by atoms with van der Waals surface area (Å²) in [6.45, 7) is 4.36. The van der Waals surface area contributed by atoms with E-state index in [0.29, 0.717) is 5.02 Å². The number of benzene rings is 1. The fraction of sp³-hybridized carbons (Fsp3) is 0.500. The average Bonchev–Trinajstić information content (AvgIpc) is 2.61. The SMILES string of the molecule is CC1(C)CCC(NC(=O)c2cc(Cl)ccc2F)C1. The van der Waals surface area contributed by atoms with Crippen molar-refractivity contribution in [2.45, 2.75) is 39.2 Å². The molecule has 1 unspecified atom stereocenters. The summed E-state index contributed by atoms with van der Waals surface area (Å²) in [5.41, 5.74) is 0.275. The number of carbonyl (C=O) groups is 1. The van der Waals surface area contributed by atoms with E-state index in [1.54, 1.807) is 0 Å². The normalized spacial score (nSPS) is 21.9. The molecule has 2 nitrogen and oxygen atoms in total. The summed E-state index contributed by atoms with van der Waals surface area (Å²) in [7, 11) is 0. The predicted molar refractivity (Wildman–Crippen MR) is 70.3 cm³/mol. The van der Waals surface area contributed by atoms with Crippen LogP contribution in [0.5, 0.6) is 0 Å². The Kier molecular flexibility index (Phi) is 3.62. The first-order valence-corrected chi connectivity index (χ1v) is 6.51.